The molecule has 1 aliphatic rings. The minimum absolute atomic E-state index is 0.411. The molecule has 1 aromatic carbocycles. The normalized spacial score (nSPS) is 21.4. The van der Waals surface area contributed by atoms with Crippen LogP contribution in [0.1, 0.15) is 42.6 Å². The molecule has 20 heavy (non-hydrogen) atoms. The average Bonchev–Trinajstić information content (AvgIpc) is 2.85. The molecular weight excluding hydrogens is 258 g/mol. The fourth-order valence-corrected chi connectivity index (χ4v) is 2.02. The third-order valence-electron chi connectivity index (χ3n) is 2.84. The molecule has 0 spiro atoms. The first-order valence-electron chi connectivity index (χ1n) is 6.38. The summed E-state index contributed by atoms with van der Waals surface area (Å²) >= 11 is 0. The lowest BCUT2D eigenvalue weighted by molar-refractivity contribution is -0.167. The third-order valence-corrected chi connectivity index (χ3v) is 2.84. The van der Waals surface area contributed by atoms with Gasteiger partial charge in [-0.3, -0.25) is 4.79 Å². The van der Waals surface area contributed by atoms with Gasteiger partial charge in [0.05, 0.1) is 12.1 Å². The Morgan fingerprint density at radius 1 is 1.35 bits per heavy atom. The van der Waals surface area contributed by atoms with Crippen molar-refractivity contribution in [3.05, 3.63) is 35.4 Å². The van der Waals surface area contributed by atoms with Crippen molar-refractivity contribution in [1.29, 1.82) is 0 Å². The molecule has 0 saturated carbocycles. The summed E-state index contributed by atoms with van der Waals surface area (Å²) < 4.78 is 5.31. The van der Waals surface area contributed by atoms with Crippen molar-refractivity contribution in [2.75, 3.05) is 0 Å². The molecule has 2 unspecified atom stereocenters. The van der Waals surface area contributed by atoms with E-state index in [4.69, 9.17) is 9.57 Å². The molecule has 1 aliphatic heterocycles. The van der Waals surface area contributed by atoms with Gasteiger partial charge >= 0.3 is 5.97 Å². The van der Waals surface area contributed by atoms with Crippen LogP contribution in [0.4, 0.5) is 0 Å². The second kappa shape index (κ2) is 5.45. The molecule has 0 saturated heterocycles. The molecule has 2 rings (SSSR count). The van der Waals surface area contributed by atoms with Crippen molar-refractivity contribution >= 4 is 18.5 Å². The Bertz CT molecular complexity index is 545. The van der Waals surface area contributed by atoms with E-state index >= 15 is 0 Å². The first kappa shape index (κ1) is 14.2. The van der Waals surface area contributed by atoms with Crippen LogP contribution in [0.15, 0.2) is 29.4 Å². The number of aldehydes is 1. The van der Waals surface area contributed by atoms with E-state index in [2.05, 4.69) is 5.16 Å². The lowest BCUT2D eigenvalue weighted by Crippen LogP contribution is -2.35. The van der Waals surface area contributed by atoms with Crippen LogP contribution in [0.2, 0.25) is 0 Å². The summed E-state index contributed by atoms with van der Waals surface area (Å²) in [6, 6.07) is 7.05. The van der Waals surface area contributed by atoms with Crippen LogP contribution in [0.25, 0.3) is 0 Å². The molecule has 0 aliphatic carbocycles. The molecule has 2 atom stereocenters. The largest absolute Gasteiger partial charge is 0.457 e. The van der Waals surface area contributed by atoms with Gasteiger partial charge in [-0.05, 0) is 26.3 Å². The predicted octanol–water partition coefficient (Wildman–Crippen LogP) is 2.31. The Labute approximate surface area is 117 Å². The molecule has 106 valence electrons. The van der Waals surface area contributed by atoms with E-state index in [1.54, 1.807) is 45.0 Å². The van der Waals surface area contributed by atoms with Crippen molar-refractivity contribution in [2.45, 2.75) is 38.4 Å². The van der Waals surface area contributed by atoms with Crippen LogP contribution in [-0.2, 0) is 14.4 Å². The Morgan fingerprint density at radius 2 is 2.05 bits per heavy atom. The zero-order chi connectivity index (χ0) is 14.8. The molecule has 0 aromatic heterocycles. The van der Waals surface area contributed by atoms with Gasteiger partial charge in [0.1, 0.15) is 11.9 Å². The van der Waals surface area contributed by atoms with Gasteiger partial charge in [0.2, 0.25) is 6.10 Å². The summed E-state index contributed by atoms with van der Waals surface area (Å²) in [5.74, 6) is -0.896. The van der Waals surface area contributed by atoms with Crippen molar-refractivity contribution in [3.8, 4) is 0 Å². The second-order valence-electron chi connectivity index (χ2n) is 5.59. The summed E-state index contributed by atoms with van der Waals surface area (Å²) in [6.45, 7) is 5.36. The topological polar surface area (TPSA) is 65.0 Å². The minimum atomic E-state index is -0.852. The smallest absolute Gasteiger partial charge is 0.351 e. The van der Waals surface area contributed by atoms with E-state index in [1.807, 2.05) is 0 Å². The van der Waals surface area contributed by atoms with Crippen molar-refractivity contribution < 1.29 is 19.2 Å². The Kier molecular flexibility index (Phi) is 3.88. The number of oxime groups is 1. The van der Waals surface area contributed by atoms with Crippen LogP contribution in [0, 0.1) is 0 Å². The lowest BCUT2D eigenvalue weighted by atomic mass is 9.91. The Morgan fingerprint density at radius 3 is 2.70 bits per heavy atom. The number of ether oxygens (including phenoxy) is 1. The number of rotatable bonds is 3. The summed E-state index contributed by atoms with van der Waals surface area (Å²) in [7, 11) is 0. The van der Waals surface area contributed by atoms with E-state index in [-0.39, 0.29) is 0 Å². The molecular formula is C15H17NO4. The Balaban J connectivity index is 2.25. The average molecular weight is 275 g/mol. The zero-order valence-electron chi connectivity index (χ0n) is 11.7. The van der Waals surface area contributed by atoms with E-state index in [0.717, 1.165) is 6.29 Å². The van der Waals surface area contributed by atoms with Crippen LogP contribution in [0.3, 0.4) is 0 Å². The highest BCUT2D eigenvalue weighted by Gasteiger charge is 2.38. The van der Waals surface area contributed by atoms with E-state index in [0.29, 0.717) is 11.1 Å². The van der Waals surface area contributed by atoms with Gasteiger partial charge in [-0.1, -0.05) is 29.4 Å². The highest BCUT2D eigenvalue weighted by molar-refractivity contribution is 5.88. The fraction of sp³-hybridized carbons (Fsp3) is 0.400. The van der Waals surface area contributed by atoms with Crippen LogP contribution < -0.4 is 0 Å². The lowest BCUT2D eigenvalue weighted by Gasteiger charge is -2.23. The predicted molar refractivity (Wildman–Crippen MR) is 73.8 cm³/mol. The van der Waals surface area contributed by atoms with Crippen molar-refractivity contribution in [2.24, 2.45) is 5.16 Å². The number of benzene rings is 1. The van der Waals surface area contributed by atoms with Gasteiger partial charge in [-0.25, -0.2) is 4.79 Å². The summed E-state index contributed by atoms with van der Waals surface area (Å²) in [5, 5.41) is 3.71. The molecule has 0 fully saturated rings. The number of hydrogen-bond donors (Lipinski definition) is 0. The van der Waals surface area contributed by atoms with Crippen LogP contribution in [0.5, 0.6) is 0 Å². The first-order valence-corrected chi connectivity index (χ1v) is 6.38. The van der Waals surface area contributed by atoms with Gasteiger partial charge in [0.15, 0.2) is 0 Å². The summed E-state index contributed by atoms with van der Waals surface area (Å²) in [4.78, 5) is 28.3. The molecule has 0 amide bonds. The summed E-state index contributed by atoms with van der Waals surface area (Å²) in [6.07, 6.45) is 1.43. The monoisotopic (exact) mass is 275 g/mol. The summed E-state index contributed by atoms with van der Waals surface area (Å²) in [5.41, 5.74) is 0.625. The number of carbonyl (C=O) groups is 2. The zero-order valence-corrected chi connectivity index (χ0v) is 11.7. The Hall–Kier alpha value is -2.17. The van der Waals surface area contributed by atoms with E-state index < -0.39 is 23.6 Å². The quantitative estimate of drug-likeness (QED) is 0.627. The highest BCUT2D eigenvalue weighted by Crippen LogP contribution is 2.29. The number of hydrogen-bond acceptors (Lipinski definition) is 5. The SMILES string of the molecule is CC(C)(C)OC(=O)C1ON=CC1c1ccccc1C=O. The fourth-order valence-electron chi connectivity index (χ4n) is 2.02. The standard InChI is InChI=1S/C15H17NO4/c1-15(2,3)19-14(18)13-12(8-16-20-13)11-7-5-4-6-10(11)9-17/h4-9,12-13H,1-3H3. The van der Waals surface area contributed by atoms with Gasteiger partial charge in [-0.15, -0.1) is 0 Å². The number of nitrogens with zero attached hydrogens (tertiary/aromatic N) is 1. The maximum Gasteiger partial charge on any atom is 0.351 e. The highest BCUT2D eigenvalue weighted by atomic mass is 16.7. The second-order valence-corrected chi connectivity index (χ2v) is 5.59. The van der Waals surface area contributed by atoms with Gasteiger partial charge in [0, 0.05) is 5.56 Å². The molecule has 0 radical (unpaired) electrons. The van der Waals surface area contributed by atoms with Crippen LogP contribution in [-0.4, -0.2) is 30.2 Å². The van der Waals surface area contributed by atoms with Gasteiger partial charge < -0.3 is 9.57 Å². The molecule has 5 nitrogen and oxygen atoms in total. The molecule has 5 heteroatoms. The van der Waals surface area contributed by atoms with Gasteiger partial charge in [0.25, 0.3) is 0 Å². The van der Waals surface area contributed by atoms with Gasteiger partial charge in [-0.2, -0.15) is 0 Å². The molecule has 1 heterocycles. The maximum atomic E-state index is 12.1. The van der Waals surface area contributed by atoms with Crippen molar-refractivity contribution in [1.82, 2.24) is 0 Å². The number of carbonyl (C=O) groups excluding carboxylic acids is 2. The maximum absolute atomic E-state index is 12.1. The van der Waals surface area contributed by atoms with Crippen LogP contribution >= 0.6 is 0 Å². The molecule has 1 aromatic rings. The molecule has 0 bridgehead atoms. The first-order chi connectivity index (χ1) is 9.42. The minimum Gasteiger partial charge on any atom is -0.457 e. The molecule has 0 N–H and O–H groups in total. The number of esters is 1. The van der Waals surface area contributed by atoms with E-state index in [9.17, 15) is 9.59 Å². The third kappa shape index (κ3) is 3.04. The van der Waals surface area contributed by atoms with E-state index in [1.165, 1.54) is 6.21 Å². The van der Waals surface area contributed by atoms with Crippen molar-refractivity contribution in [3.63, 3.8) is 0 Å².